The summed E-state index contributed by atoms with van der Waals surface area (Å²) in [5, 5.41) is 6.59. The molecule has 0 aliphatic heterocycles. The molecule has 0 saturated carbocycles. The van der Waals surface area contributed by atoms with Gasteiger partial charge in [0.2, 0.25) is 0 Å². The lowest BCUT2D eigenvalue weighted by molar-refractivity contribution is 0.0936. The van der Waals surface area contributed by atoms with Gasteiger partial charge in [-0.1, -0.05) is 49.3 Å². The fraction of sp³-hybridized carbons (Fsp3) is 0.333. The summed E-state index contributed by atoms with van der Waals surface area (Å²) in [5.74, 6) is 0.424. The van der Waals surface area contributed by atoms with Crippen molar-refractivity contribution in [3.63, 3.8) is 0 Å². The molecule has 100 valence electrons. The molecule has 0 atom stereocenters. The summed E-state index contributed by atoms with van der Waals surface area (Å²) in [6.07, 6.45) is 0. The summed E-state index contributed by atoms with van der Waals surface area (Å²) in [7, 11) is 0. The van der Waals surface area contributed by atoms with Crippen LogP contribution in [0, 0.1) is 6.92 Å². The Kier molecular flexibility index (Phi) is 3.69. The number of amides is 1. The number of hydrogen-bond acceptors (Lipinski definition) is 3. The molecule has 0 bridgehead atoms. The average Bonchev–Trinajstić information content (AvgIpc) is 2.84. The molecule has 1 N–H and O–H groups in total. The third-order valence-electron chi connectivity index (χ3n) is 3.11. The number of nitrogens with zero attached hydrogens (tertiary/aromatic N) is 1. The Bertz CT molecular complexity index is 559. The fourth-order valence-corrected chi connectivity index (χ4v) is 1.86. The van der Waals surface area contributed by atoms with E-state index >= 15 is 0 Å². The minimum atomic E-state index is -0.208. The van der Waals surface area contributed by atoms with Gasteiger partial charge < -0.3 is 9.84 Å². The van der Waals surface area contributed by atoms with Crippen LogP contribution in [0.15, 0.2) is 40.9 Å². The van der Waals surface area contributed by atoms with Gasteiger partial charge in [0.15, 0.2) is 5.69 Å². The molecule has 1 aromatic heterocycles. The van der Waals surface area contributed by atoms with E-state index in [4.69, 9.17) is 4.52 Å². The zero-order valence-electron chi connectivity index (χ0n) is 11.4. The van der Waals surface area contributed by atoms with Gasteiger partial charge in [0, 0.05) is 18.0 Å². The van der Waals surface area contributed by atoms with Crippen LogP contribution in [0.2, 0.25) is 0 Å². The first-order valence-corrected chi connectivity index (χ1v) is 6.26. The molecular formula is C15H18N2O2. The number of hydrogen-bond donors (Lipinski definition) is 1. The maximum Gasteiger partial charge on any atom is 0.273 e. The van der Waals surface area contributed by atoms with E-state index in [0.717, 1.165) is 0 Å². The van der Waals surface area contributed by atoms with E-state index in [-0.39, 0.29) is 11.3 Å². The van der Waals surface area contributed by atoms with E-state index in [1.165, 1.54) is 5.56 Å². The van der Waals surface area contributed by atoms with Crippen LogP contribution in [0.3, 0.4) is 0 Å². The van der Waals surface area contributed by atoms with Gasteiger partial charge in [-0.05, 0) is 12.5 Å². The van der Waals surface area contributed by atoms with Gasteiger partial charge in [0.25, 0.3) is 5.91 Å². The van der Waals surface area contributed by atoms with Crippen LogP contribution in [0.1, 0.15) is 35.7 Å². The van der Waals surface area contributed by atoms with E-state index in [0.29, 0.717) is 18.0 Å². The Labute approximate surface area is 112 Å². The highest BCUT2D eigenvalue weighted by Crippen LogP contribution is 2.21. The lowest BCUT2D eigenvalue weighted by Crippen LogP contribution is -2.36. The van der Waals surface area contributed by atoms with Gasteiger partial charge in [-0.2, -0.15) is 0 Å². The topological polar surface area (TPSA) is 55.1 Å². The van der Waals surface area contributed by atoms with Gasteiger partial charge in [0.1, 0.15) is 5.76 Å². The molecule has 0 radical (unpaired) electrons. The number of rotatable bonds is 4. The zero-order valence-corrected chi connectivity index (χ0v) is 11.4. The molecule has 0 aliphatic rings. The van der Waals surface area contributed by atoms with Crippen LogP contribution in [-0.2, 0) is 5.41 Å². The van der Waals surface area contributed by atoms with Gasteiger partial charge in [-0.15, -0.1) is 0 Å². The standard InChI is InChI=1S/C15H18N2O2/c1-11-9-13(17-19-11)14(18)16-10-15(2,3)12-7-5-4-6-8-12/h4-9H,10H2,1-3H3,(H,16,18). The Balaban J connectivity index is 2.00. The van der Waals surface area contributed by atoms with Gasteiger partial charge in [-0.25, -0.2) is 0 Å². The number of carbonyl (C=O) groups excluding carboxylic acids is 1. The van der Waals surface area contributed by atoms with Crippen LogP contribution in [0.4, 0.5) is 0 Å². The highest BCUT2D eigenvalue weighted by molar-refractivity contribution is 5.92. The maximum atomic E-state index is 11.9. The van der Waals surface area contributed by atoms with E-state index in [9.17, 15) is 4.79 Å². The summed E-state index contributed by atoms with van der Waals surface area (Å²) in [5.41, 5.74) is 1.38. The summed E-state index contributed by atoms with van der Waals surface area (Å²) in [6.45, 7) is 6.49. The predicted octanol–water partition coefficient (Wildman–Crippen LogP) is 2.69. The van der Waals surface area contributed by atoms with Crippen molar-refractivity contribution in [3.05, 3.63) is 53.4 Å². The highest BCUT2D eigenvalue weighted by atomic mass is 16.5. The molecule has 1 aromatic carbocycles. The minimum Gasteiger partial charge on any atom is -0.361 e. The van der Waals surface area contributed by atoms with Crippen molar-refractivity contribution in [3.8, 4) is 0 Å². The maximum absolute atomic E-state index is 11.9. The van der Waals surface area contributed by atoms with Crippen LogP contribution >= 0.6 is 0 Å². The number of aromatic nitrogens is 1. The normalized spacial score (nSPS) is 11.3. The van der Waals surface area contributed by atoms with Gasteiger partial charge in [0.05, 0.1) is 0 Å². The van der Waals surface area contributed by atoms with Crippen molar-refractivity contribution < 1.29 is 9.32 Å². The van der Waals surface area contributed by atoms with Crippen LogP contribution in [0.5, 0.6) is 0 Å². The number of nitrogens with one attached hydrogen (secondary N) is 1. The van der Waals surface area contributed by atoms with E-state index in [1.54, 1.807) is 13.0 Å². The quantitative estimate of drug-likeness (QED) is 0.917. The molecule has 1 heterocycles. The largest absolute Gasteiger partial charge is 0.361 e. The molecular weight excluding hydrogens is 240 g/mol. The van der Waals surface area contributed by atoms with Crippen molar-refractivity contribution in [2.75, 3.05) is 6.54 Å². The molecule has 4 heteroatoms. The summed E-state index contributed by atoms with van der Waals surface area (Å²) in [6, 6.07) is 11.7. The minimum absolute atomic E-state index is 0.129. The van der Waals surface area contributed by atoms with E-state index < -0.39 is 0 Å². The first-order chi connectivity index (χ1) is 8.99. The molecule has 4 nitrogen and oxygen atoms in total. The monoisotopic (exact) mass is 258 g/mol. The summed E-state index contributed by atoms with van der Waals surface area (Å²) in [4.78, 5) is 11.9. The van der Waals surface area contributed by atoms with Gasteiger partial charge in [-0.3, -0.25) is 4.79 Å². The second-order valence-corrected chi connectivity index (χ2v) is 5.26. The predicted molar refractivity (Wildman–Crippen MR) is 73.0 cm³/mol. The Hall–Kier alpha value is -2.10. The molecule has 19 heavy (non-hydrogen) atoms. The van der Waals surface area contributed by atoms with Crippen molar-refractivity contribution in [2.24, 2.45) is 0 Å². The molecule has 0 spiro atoms. The summed E-state index contributed by atoms with van der Waals surface area (Å²) < 4.78 is 4.89. The Morgan fingerprint density at radius 3 is 2.58 bits per heavy atom. The number of carbonyl (C=O) groups is 1. The first-order valence-electron chi connectivity index (χ1n) is 6.26. The Morgan fingerprint density at radius 2 is 2.00 bits per heavy atom. The number of benzene rings is 1. The second kappa shape index (κ2) is 5.26. The zero-order chi connectivity index (χ0) is 13.9. The van der Waals surface area contributed by atoms with Gasteiger partial charge >= 0.3 is 0 Å². The van der Waals surface area contributed by atoms with E-state index in [2.05, 4.69) is 36.5 Å². The SMILES string of the molecule is Cc1cc(C(=O)NCC(C)(C)c2ccccc2)no1. The molecule has 1 amide bonds. The third-order valence-corrected chi connectivity index (χ3v) is 3.11. The van der Waals surface area contributed by atoms with Crippen molar-refractivity contribution in [1.82, 2.24) is 10.5 Å². The Morgan fingerprint density at radius 1 is 1.32 bits per heavy atom. The summed E-state index contributed by atoms with van der Waals surface area (Å²) >= 11 is 0. The molecule has 0 unspecified atom stereocenters. The lowest BCUT2D eigenvalue weighted by atomic mass is 9.84. The van der Waals surface area contributed by atoms with Crippen molar-refractivity contribution >= 4 is 5.91 Å². The highest BCUT2D eigenvalue weighted by Gasteiger charge is 2.22. The molecule has 2 rings (SSSR count). The molecule has 0 saturated heterocycles. The van der Waals surface area contributed by atoms with Crippen molar-refractivity contribution in [2.45, 2.75) is 26.2 Å². The lowest BCUT2D eigenvalue weighted by Gasteiger charge is -2.25. The van der Waals surface area contributed by atoms with Crippen LogP contribution in [-0.4, -0.2) is 17.6 Å². The molecule has 0 fully saturated rings. The smallest absolute Gasteiger partial charge is 0.273 e. The first kappa shape index (κ1) is 13.3. The molecule has 2 aromatic rings. The second-order valence-electron chi connectivity index (χ2n) is 5.26. The fourth-order valence-electron chi connectivity index (χ4n) is 1.86. The van der Waals surface area contributed by atoms with Crippen LogP contribution < -0.4 is 5.32 Å². The average molecular weight is 258 g/mol. The molecule has 0 aliphatic carbocycles. The van der Waals surface area contributed by atoms with E-state index in [1.807, 2.05) is 18.2 Å². The van der Waals surface area contributed by atoms with Crippen molar-refractivity contribution in [1.29, 1.82) is 0 Å². The van der Waals surface area contributed by atoms with Crippen LogP contribution in [0.25, 0.3) is 0 Å². The third kappa shape index (κ3) is 3.22. The number of aryl methyl sites for hydroxylation is 1.